The van der Waals surface area contributed by atoms with Crippen LogP contribution in [0.15, 0.2) is 29.3 Å². The average Bonchev–Trinajstić information content (AvgIpc) is 2.73. The van der Waals surface area contributed by atoms with Crippen molar-refractivity contribution in [3.8, 4) is 0 Å². The summed E-state index contributed by atoms with van der Waals surface area (Å²) in [6.07, 6.45) is 4.40. The maximum atomic E-state index is 11.9. The number of nitro benzene ring substituents is 1. The van der Waals surface area contributed by atoms with Gasteiger partial charge in [-0.25, -0.2) is 0 Å². The van der Waals surface area contributed by atoms with Crippen molar-refractivity contribution < 1.29 is 14.5 Å². The van der Waals surface area contributed by atoms with Crippen molar-refractivity contribution in [2.75, 3.05) is 32.8 Å². The van der Waals surface area contributed by atoms with Crippen molar-refractivity contribution in [3.05, 3.63) is 39.9 Å². The number of carbonyl (C=O) groups excluding carboxylic acids is 1. The predicted molar refractivity (Wildman–Crippen MR) is 128 cm³/mol. The third-order valence-corrected chi connectivity index (χ3v) is 5.03. The second kappa shape index (κ2) is 14.2. The second-order valence-corrected chi connectivity index (χ2v) is 7.13. The SMILES string of the molecule is CCNC(=NCCCCc1ccc([N+](=O)[O-])cc1)N1CCC(C(=O)OCC)CC1.I. The van der Waals surface area contributed by atoms with Gasteiger partial charge in [-0.2, -0.15) is 0 Å². The highest BCUT2D eigenvalue weighted by Gasteiger charge is 2.27. The fraction of sp³-hybridized carbons (Fsp3) is 0.619. The van der Waals surface area contributed by atoms with Crippen molar-refractivity contribution >= 4 is 41.6 Å². The quantitative estimate of drug-likeness (QED) is 0.0990. The van der Waals surface area contributed by atoms with Crippen LogP contribution in [0, 0.1) is 16.0 Å². The third-order valence-electron chi connectivity index (χ3n) is 5.03. The first-order chi connectivity index (χ1) is 14.0. The highest BCUT2D eigenvalue weighted by molar-refractivity contribution is 14.0. The molecule has 0 spiro atoms. The lowest BCUT2D eigenvalue weighted by atomic mass is 9.97. The molecular formula is C21H33IN4O4. The number of nitrogens with zero attached hydrogens (tertiary/aromatic N) is 3. The first-order valence-corrected chi connectivity index (χ1v) is 10.5. The number of esters is 1. The average molecular weight is 532 g/mol. The van der Waals surface area contributed by atoms with E-state index in [-0.39, 0.29) is 46.5 Å². The van der Waals surface area contributed by atoms with Gasteiger partial charge in [0.2, 0.25) is 0 Å². The Morgan fingerprint density at radius 1 is 1.23 bits per heavy atom. The summed E-state index contributed by atoms with van der Waals surface area (Å²) in [5, 5.41) is 14.0. The molecule has 168 valence electrons. The number of hydrogen-bond donors (Lipinski definition) is 1. The number of guanidine groups is 1. The van der Waals surface area contributed by atoms with E-state index in [1.165, 1.54) is 0 Å². The van der Waals surface area contributed by atoms with E-state index in [2.05, 4.69) is 17.1 Å². The number of halogens is 1. The standard InChI is InChI=1S/C21H32N4O4.HI/c1-3-22-21(24-15-12-18(13-16-24)20(26)29-4-2)23-14-6-5-7-17-8-10-19(11-9-17)25(27)28;/h8-11,18H,3-7,12-16H2,1-2H3,(H,22,23);1H. The number of nitro groups is 1. The molecule has 0 atom stereocenters. The molecule has 8 nitrogen and oxygen atoms in total. The molecule has 0 bridgehead atoms. The summed E-state index contributed by atoms with van der Waals surface area (Å²) in [5.74, 6) is 0.821. The van der Waals surface area contributed by atoms with Gasteiger partial charge in [-0.1, -0.05) is 12.1 Å². The first-order valence-electron chi connectivity index (χ1n) is 10.5. The molecule has 1 aromatic carbocycles. The third kappa shape index (κ3) is 8.45. The van der Waals surface area contributed by atoms with Gasteiger partial charge in [0.05, 0.1) is 17.4 Å². The number of aliphatic imine (C=N–C) groups is 1. The van der Waals surface area contributed by atoms with Gasteiger partial charge in [0.15, 0.2) is 5.96 Å². The molecule has 1 fully saturated rings. The number of benzene rings is 1. The zero-order chi connectivity index (χ0) is 21.1. The van der Waals surface area contributed by atoms with E-state index in [9.17, 15) is 14.9 Å². The number of rotatable bonds is 9. The molecule has 1 aliphatic heterocycles. The molecule has 2 rings (SSSR count). The fourth-order valence-corrected chi connectivity index (χ4v) is 3.42. The van der Waals surface area contributed by atoms with E-state index in [1.54, 1.807) is 12.1 Å². The number of non-ortho nitro benzene ring substituents is 1. The lowest BCUT2D eigenvalue weighted by Crippen LogP contribution is -2.46. The fourth-order valence-electron chi connectivity index (χ4n) is 3.42. The molecule has 0 radical (unpaired) electrons. The van der Waals surface area contributed by atoms with Gasteiger partial charge in [-0.3, -0.25) is 19.9 Å². The van der Waals surface area contributed by atoms with Crippen LogP contribution in [-0.4, -0.2) is 54.5 Å². The van der Waals surface area contributed by atoms with Gasteiger partial charge in [0, 0.05) is 38.3 Å². The minimum atomic E-state index is -0.379. The van der Waals surface area contributed by atoms with Crippen LogP contribution in [-0.2, 0) is 16.0 Å². The first kappa shape index (κ1) is 26.1. The van der Waals surface area contributed by atoms with Crippen molar-refractivity contribution in [2.24, 2.45) is 10.9 Å². The Morgan fingerprint density at radius 2 is 1.90 bits per heavy atom. The number of ether oxygens (including phenoxy) is 1. The zero-order valence-corrected chi connectivity index (χ0v) is 20.2. The van der Waals surface area contributed by atoms with E-state index in [0.717, 1.165) is 69.8 Å². The smallest absolute Gasteiger partial charge is 0.309 e. The Kier molecular flexibility index (Phi) is 12.3. The van der Waals surface area contributed by atoms with Crippen molar-refractivity contribution in [1.29, 1.82) is 0 Å². The van der Waals surface area contributed by atoms with Crippen LogP contribution >= 0.6 is 24.0 Å². The van der Waals surface area contributed by atoms with Crippen LogP contribution in [0.4, 0.5) is 5.69 Å². The van der Waals surface area contributed by atoms with Gasteiger partial charge >= 0.3 is 5.97 Å². The summed E-state index contributed by atoms with van der Waals surface area (Å²) >= 11 is 0. The molecule has 0 aliphatic carbocycles. The van der Waals surface area contributed by atoms with Crippen LogP contribution in [0.25, 0.3) is 0 Å². The van der Waals surface area contributed by atoms with Gasteiger partial charge in [-0.15, -0.1) is 24.0 Å². The van der Waals surface area contributed by atoms with E-state index < -0.39 is 0 Å². The Morgan fingerprint density at radius 3 is 2.47 bits per heavy atom. The zero-order valence-electron chi connectivity index (χ0n) is 17.8. The molecule has 0 amide bonds. The molecule has 1 aromatic rings. The van der Waals surface area contributed by atoms with E-state index in [0.29, 0.717) is 6.61 Å². The van der Waals surface area contributed by atoms with E-state index >= 15 is 0 Å². The minimum absolute atomic E-state index is 0. The number of unbranched alkanes of at least 4 members (excludes halogenated alkanes) is 1. The topological polar surface area (TPSA) is 97.1 Å². The normalized spacial score (nSPS) is 14.7. The van der Waals surface area contributed by atoms with Crippen molar-refractivity contribution in [3.63, 3.8) is 0 Å². The van der Waals surface area contributed by atoms with Crippen LogP contribution in [0.1, 0.15) is 45.1 Å². The largest absolute Gasteiger partial charge is 0.466 e. The van der Waals surface area contributed by atoms with E-state index in [1.807, 2.05) is 19.1 Å². The van der Waals surface area contributed by atoms with Crippen LogP contribution in [0.3, 0.4) is 0 Å². The van der Waals surface area contributed by atoms with Crippen molar-refractivity contribution in [1.82, 2.24) is 10.2 Å². The summed E-state index contributed by atoms with van der Waals surface area (Å²) in [6.45, 7) is 7.46. The van der Waals surface area contributed by atoms with E-state index in [4.69, 9.17) is 9.73 Å². The molecule has 0 saturated carbocycles. The summed E-state index contributed by atoms with van der Waals surface area (Å²) in [4.78, 5) is 29.2. The number of nitrogens with one attached hydrogen (secondary N) is 1. The van der Waals surface area contributed by atoms with Gasteiger partial charge < -0.3 is 15.0 Å². The number of aryl methyl sites for hydroxylation is 1. The number of piperidine rings is 1. The summed E-state index contributed by atoms with van der Waals surface area (Å²) in [5.41, 5.74) is 1.23. The predicted octanol–water partition coefficient (Wildman–Crippen LogP) is 3.78. The van der Waals surface area contributed by atoms with Crippen LogP contribution < -0.4 is 5.32 Å². The highest BCUT2D eigenvalue weighted by Crippen LogP contribution is 2.19. The Bertz CT molecular complexity index is 689. The molecule has 0 unspecified atom stereocenters. The monoisotopic (exact) mass is 532 g/mol. The summed E-state index contributed by atoms with van der Waals surface area (Å²) in [6, 6.07) is 6.74. The maximum absolute atomic E-state index is 11.9. The van der Waals surface area contributed by atoms with Gasteiger partial charge in [0.25, 0.3) is 5.69 Å². The lowest BCUT2D eigenvalue weighted by Gasteiger charge is -2.33. The summed E-state index contributed by atoms with van der Waals surface area (Å²) in [7, 11) is 0. The molecular weight excluding hydrogens is 499 g/mol. The van der Waals surface area contributed by atoms with Gasteiger partial charge in [-0.05, 0) is 51.5 Å². The lowest BCUT2D eigenvalue weighted by molar-refractivity contribution is -0.384. The minimum Gasteiger partial charge on any atom is -0.466 e. The highest BCUT2D eigenvalue weighted by atomic mass is 127. The number of hydrogen-bond acceptors (Lipinski definition) is 5. The molecule has 30 heavy (non-hydrogen) atoms. The van der Waals surface area contributed by atoms with Crippen molar-refractivity contribution in [2.45, 2.75) is 46.0 Å². The molecule has 1 aliphatic rings. The molecule has 1 N–H and O–H groups in total. The Hall–Kier alpha value is -1.91. The maximum Gasteiger partial charge on any atom is 0.309 e. The Labute approximate surface area is 195 Å². The number of carbonyl (C=O) groups is 1. The number of likely N-dealkylation sites (tertiary alicyclic amines) is 1. The Balaban J connectivity index is 0.00000450. The van der Waals surface area contributed by atoms with Crippen LogP contribution in [0.2, 0.25) is 0 Å². The van der Waals surface area contributed by atoms with Crippen LogP contribution in [0.5, 0.6) is 0 Å². The molecule has 1 heterocycles. The molecule has 1 saturated heterocycles. The summed E-state index contributed by atoms with van der Waals surface area (Å²) < 4.78 is 5.13. The molecule has 0 aromatic heterocycles. The van der Waals surface area contributed by atoms with Gasteiger partial charge in [0.1, 0.15) is 0 Å². The molecule has 9 heteroatoms. The second-order valence-electron chi connectivity index (χ2n) is 7.13.